The van der Waals surface area contributed by atoms with Gasteiger partial charge in [-0.25, -0.2) is 4.79 Å². The summed E-state index contributed by atoms with van der Waals surface area (Å²) >= 11 is 0. The van der Waals surface area contributed by atoms with E-state index in [-0.39, 0.29) is 29.7 Å². The molecule has 1 N–H and O–H groups in total. The Morgan fingerprint density at radius 2 is 1.55 bits per heavy atom. The molecule has 2 amide bonds. The van der Waals surface area contributed by atoms with Crippen LogP contribution in [-0.2, 0) is 9.59 Å². The SMILES string of the molecule is C[C@H](c1cccc2ccccc12)N(C[C@H]1CN(C(=O)c2ccc(OCC(=O)O)cc2)C[C@@H]1c1ccccc1)C(=O)C(C)(C)C. The second kappa shape index (κ2) is 12.9. The quantitative estimate of drug-likeness (QED) is 0.231. The molecule has 44 heavy (non-hydrogen) atoms. The first-order valence-electron chi connectivity index (χ1n) is 15.1. The zero-order valence-electron chi connectivity index (χ0n) is 25.8. The van der Waals surface area contributed by atoms with Crippen LogP contribution in [0.15, 0.2) is 97.1 Å². The molecular weight excluding hydrogens is 552 g/mol. The van der Waals surface area contributed by atoms with Gasteiger partial charge < -0.3 is 19.6 Å². The maximum absolute atomic E-state index is 14.1. The van der Waals surface area contributed by atoms with Crippen molar-refractivity contribution in [2.45, 2.75) is 39.7 Å². The Labute approximate surface area is 259 Å². The molecule has 0 aromatic heterocycles. The van der Waals surface area contributed by atoms with Gasteiger partial charge >= 0.3 is 5.97 Å². The van der Waals surface area contributed by atoms with Crippen molar-refractivity contribution in [3.8, 4) is 5.75 Å². The monoisotopic (exact) mass is 592 g/mol. The Morgan fingerprint density at radius 1 is 0.886 bits per heavy atom. The molecule has 0 saturated carbocycles. The van der Waals surface area contributed by atoms with Crippen molar-refractivity contribution in [1.29, 1.82) is 0 Å². The van der Waals surface area contributed by atoms with E-state index in [2.05, 4.69) is 49.4 Å². The van der Waals surface area contributed by atoms with Crippen LogP contribution >= 0.6 is 0 Å². The standard InChI is InChI=1S/C37H40N2O5/c1-25(31-16-10-14-26-13-8-9-15-32(26)31)39(36(43)37(2,3)4)22-29-21-38(23-33(29)27-11-6-5-7-12-27)35(42)28-17-19-30(20-18-28)44-24-34(40)41/h5-20,25,29,33H,21-24H2,1-4H3,(H,40,41)/t25-,29-,33-/m1/s1. The third kappa shape index (κ3) is 6.77. The van der Waals surface area contributed by atoms with Gasteiger partial charge in [0.25, 0.3) is 5.91 Å². The normalized spacial score (nSPS) is 17.3. The van der Waals surface area contributed by atoms with Gasteiger partial charge in [-0.2, -0.15) is 0 Å². The number of hydrogen-bond donors (Lipinski definition) is 1. The lowest BCUT2D eigenvalue weighted by Gasteiger charge is -2.37. The molecule has 0 bridgehead atoms. The van der Waals surface area contributed by atoms with Crippen LogP contribution in [0.4, 0.5) is 0 Å². The predicted molar refractivity (Wildman–Crippen MR) is 172 cm³/mol. The number of hydrogen-bond acceptors (Lipinski definition) is 4. The molecule has 4 aromatic carbocycles. The third-order valence-corrected chi connectivity index (χ3v) is 8.49. The summed E-state index contributed by atoms with van der Waals surface area (Å²) in [6, 6.07) is 31.2. The van der Waals surface area contributed by atoms with Gasteiger partial charge in [-0.3, -0.25) is 9.59 Å². The maximum Gasteiger partial charge on any atom is 0.341 e. The second-order valence-electron chi connectivity index (χ2n) is 12.6. The number of benzene rings is 4. The van der Waals surface area contributed by atoms with Gasteiger partial charge in [0.05, 0.1) is 6.04 Å². The van der Waals surface area contributed by atoms with E-state index in [9.17, 15) is 14.4 Å². The second-order valence-corrected chi connectivity index (χ2v) is 12.6. The first-order chi connectivity index (χ1) is 21.0. The lowest BCUT2D eigenvalue weighted by atomic mass is 9.86. The summed E-state index contributed by atoms with van der Waals surface area (Å²) in [5, 5.41) is 11.2. The summed E-state index contributed by atoms with van der Waals surface area (Å²) in [4.78, 5) is 42.6. The average Bonchev–Trinajstić information content (AvgIpc) is 3.45. The van der Waals surface area contributed by atoms with Crippen LogP contribution in [0.3, 0.4) is 0 Å². The number of carbonyl (C=O) groups excluding carboxylic acids is 2. The minimum atomic E-state index is -1.06. The predicted octanol–water partition coefficient (Wildman–Crippen LogP) is 6.79. The van der Waals surface area contributed by atoms with Crippen molar-refractivity contribution < 1.29 is 24.2 Å². The largest absolute Gasteiger partial charge is 0.482 e. The fourth-order valence-corrected chi connectivity index (χ4v) is 6.20. The summed E-state index contributed by atoms with van der Waals surface area (Å²) in [5.74, 6) is -0.629. The van der Waals surface area contributed by atoms with E-state index in [1.807, 2.05) is 60.9 Å². The van der Waals surface area contributed by atoms with Gasteiger partial charge in [-0.1, -0.05) is 93.6 Å². The zero-order chi connectivity index (χ0) is 31.4. The molecule has 0 aliphatic carbocycles. The maximum atomic E-state index is 14.1. The molecule has 7 nitrogen and oxygen atoms in total. The molecule has 5 rings (SSSR count). The van der Waals surface area contributed by atoms with Crippen molar-refractivity contribution in [3.63, 3.8) is 0 Å². The lowest BCUT2D eigenvalue weighted by Crippen LogP contribution is -2.44. The number of amides is 2. The molecule has 1 heterocycles. The minimum absolute atomic E-state index is 0.0169. The fraction of sp³-hybridized carbons (Fsp3) is 0.324. The van der Waals surface area contributed by atoms with Crippen LogP contribution in [0, 0.1) is 11.3 Å². The first kappa shape index (κ1) is 30.8. The van der Waals surface area contributed by atoms with Crippen molar-refractivity contribution in [1.82, 2.24) is 9.80 Å². The van der Waals surface area contributed by atoms with Crippen LogP contribution in [0.5, 0.6) is 5.75 Å². The molecule has 1 aliphatic rings. The van der Waals surface area contributed by atoms with E-state index in [1.165, 1.54) is 0 Å². The number of fused-ring (bicyclic) bond motifs is 1. The van der Waals surface area contributed by atoms with Crippen LogP contribution in [-0.4, -0.2) is 58.9 Å². The van der Waals surface area contributed by atoms with E-state index >= 15 is 0 Å². The van der Waals surface area contributed by atoms with Gasteiger partial charge in [0, 0.05) is 42.4 Å². The first-order valence-corrected chi connectivity index (χ1v) is 15.1. The Morgan fingerprint density at radius 3 is 2.23 bits per heavy atom. The number of carbonyl (C=O) groups is 3. The molecule has 3 atom stereocenters. The number of rotatable bonds is 9. The van der Waals surface area contributed by atoms with Crippen LogP contribution in [0.1, 0.15) is 61.1 Å². The third-order valence-electron chi connectivity index (χ3n) is 8.49. The topological polar surface area (TPSA) is 87.2 Å². The van der Waals surface area contributed by atoms with Gasteiger partial charge in [0.1, 0.15) is 5.75 Å². The zero-order valence-corrected chi connectivity index (χ0v) is 25.8. The summed E-state index contributed by atoms with van der Waals surface area (Å²) in [6.07, 6.45) is 0. The molecular formula is C37H40N2O5. The van der Waals surface area contributed by atoms with E-state index in [0.29, 0.717) is 30.9 Å². The smallest absolute Gasteiger partial charge is 0.341 e. The molecule has 228 valence electrons. The number of nitrogens with zero attached hydrogens (tertiary/aromatic N) is 2. The van der Waals surface area contributed by atoms with Gasteiger partial charge in [0.2, 0.25) is 5.91 Å². The Hall–Kier alpha value is -4.65. The lowest BCUT2D eigenvalue weighted by molar-refractivity contribution is -0.142. The molecule has 1 aliphatic heterocycles. The summed E-state index contributed by atoms with van der Waals surface area (Å²) in [5.41, 5.74) is 2.17. The van der Waals surface area contributed by atoms with E-state index in [4.69, 9.17) is 9.84 Å². The fourth-order valence-electron chi connectivity index (χ4n) is 6.20. The summed E-state index contributed by atoms with van der Waals surface area (Å²) < 4.78 is 5.24. The van der Waals surface area contributed by atoms with Crippen LogP contribution in [0.2, 0.25) is 0 Å². The number of ether oxygens (including phenoxy) is 1. The number of likely N-dealkylation sites (tertiary alicyclic amines) is 1. The van der Waals surface area contributed by atoms with Crippen LogP contribution in [0.25, 0.3) is 10.8 Å². The van der Waals surface area contributed by atoms with E-state index < -0.39 is 18.0 Å². The highest BCUT2D eigenvalue weighted by Crippen LogP contribution is 2.38. The van der Waals surface area contributed by atoms with Crippen molar-refractivity contribution in [2.24, 2.45) is 11.3 Å². The van der Waals surface area contributed by atoms with Crippen molar-refractivity contribution >= 4 is 28.6 Å². The molecule has 0 unspecified atom stereocenters. The van der Waals surface area contributed by atoms with Crippen molar-refractivity contribution in [2.75, 3.05) is 26.2 Å². The number of carboxylic acid groups (broad SMARTS) is 1. The molecule has 1 fully saturated rings. The highest BCUT2D eigenvalue weighted by molar-refractivity contribution is 5.94. The Balaban J connectivity index is 1.45. The molecule has 1 saturated heterocycles. The van der Waals surface area contributed by atoms with E-state index in [1.54, 1.807) is 24.3 Å². The van der Waals surface area contributed by atoms with E-state index in [0.717, 1.165) is 21.9 Å². The highest BCUT2D eigenvalue weighted by atomic mass is 16.5. The molecule has 4 aromatic rings. The average molecular weight is 593 g/mol. The number of carboxylic acids is 1. The Kier molecular flexibility index (Phi) is 9.04. The Bertz CT molecular complexity index is 1620. The minimum Gasteiger partial charge on any atom is -0.482 e. The highest BCUT2D eigenvalue weighted by Gasteiger charge is 2.40. The molecule has 0 radical (unpaired) electrons. The number of aliphatic carboxylic acids is 1. The van der Waals surface area contributed by atoms with Gasteiger partial charge in [-0.15, -0.1) is 0 Å². The molecule has 0 spiro atoms. The van der Waals surface area contributed by atoms with Crippen molar-refractivity contribution in [3.05, 3.63) is 114 Å². The molecule has 7 heteroatoms. The van der Waals surface area contributed by atoms with Gasteiger partial charge in [-0.05, 0) is 53.1 Å². The van der Waals surface area contributed by atoms with Gasteiger partial charge in [0.15, 0.2) is 6.61 Å². The summed E-state index contributed by atoms with van der Waals surface area (Å²) in [6.45, 7) is 9.09. The summed E-state index contributed by atoms with van der Waals surface area (Å²) in [7, 11) is 0. The van der Waals surface area contributed by atoms with Crippen LogP contribution < -0.4 is 4.74 Å².